The van der Waals surface area contributed by atoms with Crippen molar-refractivity contribution in [1.29, 1.82) is 0 Å². The van der Waals surface area contributed by atoms with E-state index in [2.05, 4.69) is 5.32 Å². The normalized spacial score (nSPS) is 16.7. The fourth-order valence-electron chi connectivity index (χ4n) is 2.59. The highest BCUT2D eigenvalue weighted by atomic mass is 32.2. The van der Waals surface area contributed by atoms with Gasteiger partial charge in [-0.05, 0) is 42.7 Å². The Morgan fingerprint density at radius 1 is 1.19 bits per heavy atom. The zero-order chi connectivity index (χ0) is 15.3. The average Bonchev–Trinajstić information content (AvgIpc) is 2.45. The number of hydrogen-bond acceptors (Lipinski definition) is 2. The first kappa shape index (κ1) is 16.2. The highest BCUT2D eigenvalue weighted by Gasteiger charge is 2.31. The lowest BCUT2D eigenvalue weighted by Gasteiger charge is -2.22. The van der Waals surface area contributed by atoms with Gasteiger partial charge < -0.3 is 5.32 Å². The van der Waals surface area contributed by atoms with E-state index >= 15 is 0 Å². The Hall–Kier alpha value is -1.17. The van der Waals surface area contributed by atoms with E-state index < -0.39 is 11.4 Å². The summed E-state index contributed by atoms with van der Waals surface area (Å²) in [4.78, 5) is 12.1. The first-order valence-electron chi connectivity index (χ1n) is 7.08. The molecule has 1 fully saturated rings. The van der Waals surface area contributed by atoms with Crippen molar-refractivity contribution >= 4 is 17.7 Å². The lowest BCUT2D eigenvalue weighted by molar-refractivity contribution is -0.0328. The maximum Gasteiger partial charge on any atom is 0.446 e. The summed E-state index contributed by atoms with van der Waals surface area (Å²) in [7, 11) is 0. The van der Waals surface area contributed by atoms with Crippen LogP contribution in [0.25, 0.3) is 0 Å². The Labute approximate surface area is 126 Å². The fraction of sp³-hybridized carbons (Fsp3) is 0.533. The summed E-state index contributed by atoms with van der Waals surface area (Å²) < 4.78 is 37.5. The molecule has 0 aromatic heterocycles. The van der Waals surface area contributed by atoms with Gasteiger partial charge in [0.25, 0.3) is 5.91 Å². The van der Waals surface area contributed by atoms with E-state index in [1.807, 2.05) is 0 Å². The summed E-state index contributed by atoms with van der Waals surface area (Å²) >= 11 is -0.244. The number of alkyl halides is 3. The standard InChI is InChI=1S/C15H18F3NOS/c16-15(17,18)21-13-9-5-4-8-12(13)14(20)19-10-11-6-2-1-3-7-11/h4-5,8-9,11H,1-3,6-7,10H2,(H,19,20). The van der Waals surface area contributed by atoms with E-state index in [9.17, 15) is 18.0 Å². The number of rotatable bonds is 4. The highest BCUT2D eigenvalue weighted by Crippen LogP contribution is 2.38. The lowest BCUT2D eigenvalue weighted by Crippen LogP contribution is -2.30. The largest absolute Gasteiger partial charge is 0.446 e. The monoisotopic (exact) mass is 317 g/mol. The molecular formula is C15H18F3NOS. The van der Waals surface area contributed by atoms with E-state index in [0.29, 0.717) is 12.5 Å². The topological polar surface area (TPSA) is 29.1 Å². The summed E-state index contributed by atoms with van der Waals surface area (Å²) in [5.41, 5.74) is -4.30. The van der Waals surface area contributed by atoms with Crippen molar-refractivity contribution in [3.63, 3.8) is 0 Å². The molecule has 0 unspecified atom stereocenters. The van der Waals surface area contributed by atoms with Crippen molar-refractivity contribution in [1.82, 2.24) is 5.32 Å². The number of carbonyl (C=O) groups is 1. The Kier molecular flexibility index (Phi) is 5.56. The summed E-state index contributed by atoms with van der Waals surface area (Å²) in [6.45, 7) is 0.545. The molecule has 2 nitrogen and oxygen atoms in total. The molecule has 0 aliphatic heterocycles. The number of thioether (sulfide) groups is 1. The van der Waals surface area contributed by atoms with E-state index in [1.165, 1.54) is 37.5 Å². The van der Waals surface area contributed by atoms with Gasteiger partial charge in [-0.15, -0.1) is 0 Å². The van der Waals surface area contributed by atoms with Gasteiger partial charge >= 0.3 is 5.51 Å². The minimum absolute atomic E-state index is 0.0499. The Morgan fingerprint density at radius 2 is 1.86 bits per heavy atom. The predicted octanol–water partition coefficient (Wildman–Crippen LogP) is 4.61. The maximum absolute atomic E-state index is 12.5. The third kappa shape index (κ3) is 5.26. The quantitative estimate of drug-likeness (QED) is 0.822. The first-order valence-corrected chi connectivity index (χ1v) is 7.90. The number of hydrogen-bond donors (Lipinski definition) is 1. The molecule has 2 rings (SSSR count). The minimum Gasteiger partial charge on any atom is -0.352 e. The van der Waals surface area contributed by atoms with E-state index in [1.54, 1.807) is 6.07 Å². The van der Waals surface area contributed by atoms with Crippen molar-refractivity contribution in [2.75, 3.05) is 6.54 Å². The van der Waals surface area contributed by atoms with E-state index in [4.69, 9.17) is 0 Å². The van der Waals surface area contributed by atoms with Gasteiger partial charge in [-0.2, -0.15) is 13.2 Å². The molecule has 1 aromatic rings. The average molecular weight is 317 g/mol. The SMILES string of the molecule is O=C(NCC1CCCCC1)c1ccccc1SC(F)(F)F. The highest BCUT2D eigenvalue weighted by molar-refractivity contribution is 8.00. The zero-order valence-electron chi connectivity index (χ0n) is 11.6. The summed E-state index contributed by atoms with van der Waals surface area (Å²) in [5, 5.41) is 2.78. The van der Waals surface area contributed by atoms with Crippen LogP contribution in [-0.4, -0.2) is 18.0 Å². The first-order chi connectivity index (χ1) is 9.96. The molecule has 0 radical (unpaired) electrons. The van der Waals surface area contributed by atoms with E-state index in [0.717, 1.165) is 12.8 Å². The van der Waals surface area contributed by atoms with Gasteiger partial charge in [0.15, 0.2) is 0 Å². The summed E-state index contributed by atoms with van der Waals surface area (Å²) in [5.74, 6) is 0.0260. The number of carbonyl (C=O) groups excluding carboxylic acids is 1. The van der Waals surface area contributed by atoms with Gasteiger partial charge in [-0.3, -0.25) is 4.79 Å². The van der Waals surface area contributed by atoms with Gasteiger partial charge in [-0.1, -0.05) is 31.4 Å². The van der Waals surface area contributed by atoms with Gasteiger partial charge in [0, 0.05) is 11.4 Å². The second-order valence-corrected chi connectivity index (χ2v) is 6.36. The van der Waals surface area contributed by atoms with Crippen LogP contribution in [0.4, 0.5) is 13.2 Å². The molecule has 21 heavy (non-hydrogen) atoms. The van der Waals surface area contributed by atoms with Crippen molar-refractivity contribution in [3.05, 3.63) is 29.8 Å². The number of nitrogens with one attached hydrogen (secondary N) is 1. The second-order valence-electron chi connectivity index (χ2n) is 5.26. The van der Waals surface area contributed by atoms with Crippen LogP contribution in [0.5, 0.6) is 0 Å². The van der Waals surface area contributed by atoms with Crippen LogP contribution in [-0.2, 0) is 0 Å². The molecule has 1 aliphatic carbocycles. The number of amides is 1. The minimum atomic E-state index is -4.39. The number of halogens is 3. The van der Waals surface area contributed by atoms with Crippen LogP contribution < -0.4 is 5.32 Å². The molecule has 0 saturated heterocycles. The third-order valence-corrected chi connectivity index (χ3v) is 4.44. The Balaban J connectivity index is 1.98. The lowest BCUT2D eigenvalue weighted by atomic mass is 9.89. The molecule has 0 bridgehead atoms. The van der Waals surface area contributed by atoms with Crippen LogP contribution in [0.3, 0.4) is 0 Å². The predicted molar refractivity (Wildman–Crippen MR) is 77.3 cm³/mol. The van der Waals surface area contributed by atoms with Gasteiger partial charge in [-0.25, -0.2) is 0 Å². The zero-order valence-corrected chi connectivity index (χ0v) is 12.4. The Morgan fingerprint density at radius 3 is 2.52 bits per heavy atom. The fourth-order valence-corrected chi connectivity index (χ4v) is 3.26. The smallest absolute Gasteiger partial charge is 0.352 e. The van der Waals surface area contributed by atoms with Gasteiger partial charge in [0.1, 0.15) is 0 Å². The second kappa shape index (κ2) is 7.20. The van der Waals surface area contributed by atoms with Crippen LogP contribution in [0.1, 0.15) is 42.5 Å². The van der Waals surface area contributed by atoms with Crippen molar-refractivity contribution in [2.24, 2.45) is 5.92 Å². The van der Waals surface area contributed by atoms with Gasteiger partial charge in [0.2, 0.25) is 0 Å². The van der Waals surface area contributed by atoms with Crippen LogP contribution in [0.15, 0.2) is 29.2 Å². The molecule has 116 valence electrons. The van der Waals surface area contributed by atoms with Crippen LogP contribution in [0.2, 0.25) is 0 Å². The number of benzene rings is 1. The molecule has 6 heteroatoms. The molecule has 0 heterocycles. The molecule has 1 saturated carbocycles. The molecule has 1 N–H and O–H groups in total. The molecule has 1 aliphatic rings. The van der Waals surface area contributed by atoms with Crippen LogP contribution in [0, 0.1) is 5.92 Å². The Bertz CT molecular complexity index is 484. The molecular weight excluding hydrogens is 299 g/mol. The molecule has 0 spiro atoms. The van der Waals surface area contributed by atoms with Crippen molar-refractivity contribution in [2.45, 2.75) is 42.5 Å². The van der Waals surface area contributed by atoms with Crippen molar-refractivity contribution in [3.8, 4) is 0 Å². The van der Waals surface area contributed by atoms with E-state index in [-0.39, 0.29) is 22.2 Å². The van der Waals surface area contributed by atoms with Crippen molar-refractivity contribution < 1.29 is 18.0 Å². The van der Waals surface area contributed by atoms with Gasteiger partial charge in [0.05, 0.1) is 5.56 Å². The molecule has 0 atom stereocenters. The third-order valence-electron chi connectivity index (χ3n) is 3.63. The van der Waals surface area contributed by atoms with Crippen LogP contribution >= 0.6 is 11.8 Å². The summed E-state index contributed by atoms with van der Waals surface area (Å²) in [6, 6.07) is 5.85. The molecule has 1 amide bonds. The molecule has 1 aromatic carbocycles. The summed E-state index contributed by atoms with van der Waals surface area (Å²) in [6.07, 6.45) is 5.73. The maximum atomic E-state index is 12.5.